The topological polar surface area (TPSA) is 75.9 Å². The van der Waals surface area contributed by atoms with Gasteiger partial charge in [-0.05, 0) is 19.3 Å². The molecule has 102 valence electrons. The van der Waals surface area contributed by atoms with Crippen LogP contribution in [-0.4, -0.2) is 22.6 Å². The molecule has 1 unspecified atom stereocenters. The minimum Gasteiger partial charge on any atom is -0.370 e. The zero-order valence-corrected chi connectivity index (χ0v) is 11.7. The first kappa shape index (κ1) is 14.5. The first-order valence-corrected chi connectivity index (χ1v) is 6.84. The Labute approximate surface area is 110 Å². The fourth-order valence-corrected chi connectivity index (χ4v) is 1.82. The van der Waals surface area contributed by atoms with Crippen LogP contribution in [0, 0.1) is 0 Å². The molecular weight excluding hydrogens is 226 g/mol. The molecule has 1 aromatic heterocycles. The van der Waals surface area contributed by atoms with Crippen LogP contribution < -0.4 is 16.4 Å². The van der Waals surface area contributed by atoms with Gasteiger partial charge in [0.25, 0.3) is 0 Å². The van der Waals surface area contributed by atoms with Gasteiger partial charge in [0, 0.05) is 18.7 Å². The van der Waals surface area contributed by atoms with Crippen LogP contribution in [0.4, 0.5) is 17.6 Å². The van der Waals surface area contributed by atoms with E-state index in [-0.39, 0.29) is 0 Å². The van der Waals surface area contributed by atoms with Gasteiger partial charge >= 0.3 is 0 Å². The number of hydrogen-bond acceptors (Lipinski definition) is 5. The highest BCUT2D eigenvalue weighted by Gasteiger charge is 2.07. The zero-order chi connectivity index (χ0) is 13.4. The van der Waals surface area contributed by atoms with Crippen molar-refractivity contribution in [3.8, 4) is 0 Å². The van der Waals surface area contributed by atoms with Gasteiger partial charge in [-0.2, -0.15) is 9.97 Å². The molecule has 5 nitrogen and oxygen atoms in total. The van der Waals surface area contributed by atoms with Crippen LogP contribution >= 0.6 is 0 Å². The number of nitrogen functional groups attached to an aromatic ring is 1. The number of nitrogens with one attached hydrogen (secondary N) is 2. The van der Waals surface area contributed by atoms with Crippen LogP contribution in [0.2, 0.25) is 0 Å². The number of hydrogen-bond donors (Lipinski definition) is 3. The van der Waals surface area contributed by atoms with E-state index >= 15 is 0 Å². The molecule has 0 aliphatic carbocycles. The van der Waals surface area contributed by atoms with Crippen molar-refractivity contribution in [2.24, 2.45) is 0 Å². The van der Waals surface area contributed by atoms with Crippen molar-refractivity contribution < 1.29 is 0 Å². The second kappa shape index (κ2) is 7.74. The van der Waals surface area contributed by atoms with Gasteiger partial charge in [-0.3, -0.25) is 0 Å². The minimum absolute atomic E-state index is 0.310. The Balaban J connectivity index is 2.71. The number of nitrogens with two attached hydrogens (primary N) is 1. The number of anilines is 3. The van der Waals surface area contributed by atoms with Crippen LogP contribution in [0.25, 0.3) is 0 Å². The van der Waals surface area contributed by atoms with E-state index in [1.165, 1.54) is 0 Å². The lowest BCUT2D eigenvalue weighted by Gasteiger charge is -2.17. The van der Waals surface area contributed by atoms with Crippen LogP contribution in [0.3, 0.4) is 0 Å². The summed E-state index contributed by atoms with van der Waals surface area (Å²) >= 11 is 0. The third-order valence-corrected chi connectivity index (χ3v) is 2.78. The maximum atomic E-state index is 5.72. The molecule has 1 aromatic rings. The van der Waals surface area contributed by atoms with E-state index < -0.39 is 0 Å². The Morgan fingerprint density at radius 2 is 1.89 bits per heavy atom. The monoisotopic (exact) mass is 251 g/mol. The quantitative estimate of drug-likeness (QED) is 0.662. The van der Waals surface area contributed by atoms with Gasteiger partial charge in [0.15, 0.2) is 0 Å². The number of nitrogens with zero attached hydrogens (tertiary/aromatic N) is 2. The van der Waals surface area contributed by atoms with Gasteiger partial charge in [-0.25, -0.2) is 0 Å². The van der Waals surface area contributed by atoms with E-state index in [2.05, 4.69) is 41.4 Å². The van der Waals surface area contributed by atoms with Crippen molar-refractivity contribution in [1.82, 2.24) is 9.97 Å². The van der Waals surface area contributed by atoms with E-state index in [0.29, 0.717) is 12.0 Å². The Morgan fingerprint density at radius 1 is 1.17 bits per heavy atom. The Kier molecular flexibility index (Phi) is 6.25. The summed E-state index contributed by atoms with van der Waals surface area (Å²) in [4.78, 5) is 8.39. The van der Waals surface area contributed by atoms with Gasteiger partial charge in [0.2, 0.25) is 5.95 Å². The normalized spacial score (nSPS) is 12.2. The van der Waals surface area contributed by atoms with Crippen LogP contribution in [0.15, 0.2) is 6.07 Å². The summed E-state index contributed by atoms with van der Waals surface area (Å²) in [5.74, 6) is 1.91. The average molecular weight is 251 g/mol. The summed E-state index contributed by atoms with van der Waals surface area (Å²) in [6, 6.07) is 2.37. The summed E-state index contributed by atoms with van der Waals surface area (Å²) in [5, 5.41) is 6.64. The predicted octanol–water partition coefficient (Wildman–Crippen LogP) is 2.87. The maximum Gasteiger partial charge on any atom is 0.223 e. The summed E-state index contributed by atoms with van der Waals surface area (Å²) < 4.78 is 0. The molecule has 0 amide bonds. The maximum absolute atomic E-state index is 5.72. The molecule has 5 heteroatoms. The van der Waals surface area contributed by atoms with Crippen molar-refractivity contribution in [2.45, 2.75) is 52.5 Å². The van der Waals surface area contributed by atoms with Crippen molar-refractivity contribution in [2.75, 3.05) is 22.9 Å². The molecule has 0 saturated heterocycles. The molecule has 0 aliphatic rings. The van der Waals surface area contributed by atoms with Gasteiger partial charge in [0.05, 0.1) is 0 Å². The third-order valence-electron chi connectivity index (χ3n) is 2.78. The zero-order valence-electron chi connectivity index (χ0n) is 11.7. The highest BCUT2D eigenvalue weighted by Crippen LogP contribution is 2.15. The Morgan fingerprint density at radius 3 is 2.50 bits per heavy atom. The minimum atomic E-state index is 0.310. The molecule has 0 saturated carbocycles. The van der Waals surface area contributed by atoms with E-state index in [4.69, 9.17) is 5.73 Å². The lowest BCUT2D eigenvalue weighted by molar-refractivity contribution is 0.620. The van der Waals surface area contributed by atoms with Crippen molar-refractivity contribution >= 4 is 17.6 Å². The summed E-state index contributed by atoms with van der Waals surface area (Å²) in [6.45, 7) is 7.37. The van der Waals surface area contributed by atoms with Crippen molar-refractivity contribution in [1.29, 1.82) is 0 Å². The smallest absolute Gasteiger partial charge is 0.223 e. The molecule has 0 aromatic carbocycles. The summed E-state index contributed by atoms with van der Waals surface area (Å²) in [5.41, 5.74) is 5.72. The van der Waals surface area contributed by atoms with E-state index in [1.807, 2.05) is 6.07 Å². The molecule has 1 rings (SSSR count). The summed E-state index contributed by atoms with van der Waals surface area (Å²) in [7, 11) is 0. The number of rotatable bonds is 8. The molecule has 4 N–H and O–H groups in total. The number of aromatic nitrogens is 2. The molecule has 0 radical (unpaired) electrons. The largest absolute Gasteiger partial charge is 0.370 e. The van der Waals surface area contributed by atoms with Crippen LogP contribution in [-0.2, 0) is 0 Å². The van der Waals surface area contributed by atoms with E-state index in [1.54, 1.807) is 0 Å². The molecule has 0 fully saturated rings. The highest BCUT2D eigenvalue weighted by atomic mass is 15.1. The molecule has 0 spiro atoms. The first-order valence-electron chi connectivity index (χ1n) is 6.84. The van der Waals surface area contributed by atoms with Crippen LogP contribution in [0.5, 0.6) is 0 Å². The molecular formula is C13H25N5. The predicted molar refractivity (Wildman–Crippen MR) is 77.8 cm³/mol. The highest BCUT2D eigenvalue weighted by molar-refractivity contribution is 5.51. The Hall–Kier alpha value is -1.52. The molecule has 1 atom stereocenters. The van der Waals surface area contributed by atoms with Gasteiger partial charge in [0.1, 0.15) is 11.6 Å². The molecule has 0 bridgehead atoms. The van der Waals surface area contributed by atoms with E-state index in [0.717, 1.165) is 43.9 Å². The van der Waals surface area contributed by atoms with E-state index in [9.17, 15) is 0 Å². The first-order chi connectivity index (χ1) is 8.69. The lowest BCUT2D eigenvalue weighted by atomic mass is 10.1. The van der Waals surface area contributed by atoms with Gasteiger partial charge in [-0.15, -0.1) is 0 Å². The summed E-state index contributed by atoms with van der Waals surface area (Å²) in [6.07, 6.45) is 4.43. The standard InChI is InChI=1S/C13H25N5/c1-4-7-10(6-3)16-12-9-11(15-8-5-2)17-13(14)18-12/h9-10H,4-8H2,1-3H3,(H4,14,15,16,17,18). The fourth-order valence-electron chi connectivity index (χ4n) is 1.82. The fraction of sp³-hybridized carbons (Fsp3) is 0.692. The molecule has 18 heavy (non-hydrogen) atoms. The van der Waals surface area contributed by atoms with Crippen LogP contribution in [0.1, 0.15) is 46.5 Å². The van der Waals surface area contributed by atoms with Crippen molar-refractivity contribution in [3.05, 3.63) is 6.07 Å². The second-order valence-electron chi connectivity index (χ2n) is 4.46. The van der Waals surface area contributed by atoms with Gasteiger partial charge < -0.3 is 16.4 Å². The average Bonchev–Trinajstić information content (AvgIpc) is 2.35. The molecule has 1 heterocycles. The Bertz CT molecular complexity index is 353. The molecule has 0 aliphatic heterocycles. The van der Waals surface area contributed by atoms with Crippen molar-refractivity contribution in [3.63, 3.8) is 0 Å². The third kappa shape index (κ3) is 4.77. The lowest BCUT2D eigenvalue weighted by Crippen LogP contribution is -2.19. The SMILES string of the molecule is CCCNc1cc(NC(CC)CCC)nc(N)n1. The second-order valence-corrected chi connectivity index (χ2v) is 4.46. The van der Waals surface area contributed by atoms with Gasteiger partial charge in [-0.1, -0.05) is 27.2 Å².